The van der Waals surface area contributed by atoms with Crippen LogP contribution in [0.5, 0.6) is 0 Å². The third-order valence-electron chi connectivity index (χ3n) is 13.0. The molecule has 3 heteroatoms. The lowest BCUT2D eigenvalue weighted by Crippen LogP contribution is -2.19. The van der Waals surface area contributed by atoms with Gasteiger partial charge >= 0.3 is 0 Å². The molecule has 0 aliphatic rings. The van der Waals surface area contributed by atoms with E-state index in [9.17, 15) is 0 Å². The zero-order valence-electron chi connectivity index (χ0n) is 36.4. The molecule has 1 heterocycles. The second-order valence-electron chi connectivity index (χ2n) is 17.5. The van der Waals surface area contributed by atoms with Crippen LogP contribution in [-0.2, 0) is 10.8 Å². The van der Waals surface area contributed by atoms with Gasteiger partial charge in [-0.15, -0.1) is 0 Å². The largest absolute Gasteiger partial charge is 0.310 e. The van der Waals surface area contributed by atoms with Crippen LogP contribution < -0.4 is 9.80 Å². The fraction of sp³-hybridized carbons (Fsp3) is 0.100. The maximum atomic E-state index is 2.40. The highest BCUT2D eigenvalue weighted by Gasteiger charge is 2.26. The van der Waals surface area contributed by atoms with Gasteiger partial charge in [0.25, 0.3) is 0 Å². The zero-order chi connectivity index (χ0) is 43.0. The highest BCUT2D eigenvalue weighted by Crippen LogP contribution is 2.44. The second kappa shape index (κ2) is 16.3. The van der Waals surface area contributed by atoms with E-state index in [1.54, 1.807) is 0 Å². The minimum Gasteiger partial charge on any atom is -0.310 e. The first-order chi connectivity index (χ1) is 30.8. The van der Waals surface area contributed by atoms with Crippen molar-refractivity contribution in [2.45, 2.75) is 38.5 Å². The molecular formula is C60H51N3. The highest BCUT2D eigenvalue weighted by atomic mass is 15.1. The Hall–Kier alpha value is -7.62. The first-order valence-electron chi connectivity index (χ1n) is 21.9. The summed E-state index contributed by atoms with van der Waals surface area (Å²) in [7, 11) is 0. The minimum atomic E-state index is -0.137. The molecule has 10 aromatic rings. The van der Waals surface area contributed by atoms with Gasteiger partial charge in [0.2, 0.25) is 0 Å². The molecule has 10 rings (SSSR count). The maximum absolute atomic E-state index is 2.40. The van der Waals surface area contributed by atoms with Gasteiger partial charge < -0.3 is 14.4 Å². The first kappa shape index (κ1) is 39.5. The van der Waals surface area contributed by atoms with Gasteiger partial charge in [-0.1, -0.05) is 167 Å². The van der Waals surface area contributed by atoms with Crippen molar-refractivity contribution in [3.05, 3.63) is 259 Å². The van der Waals surface area contributed by atoms with Crippen LogP contribution in [-0.4, -0.2) is 4.57 Å². The van der Waals surface area contributed by atoms with E-state index in [-0.39, 0.29) is 10.8 Å². The van der Waals surface area contributed by atoms with E-state index in [2.05, 4.69) is 279 Å². The minimum absolute atomic E-state index is 0.137. The molecule has 0 N–H and O–H groups in total. The summed E-state index contributed by atoms with van der Waals surface area (Å²) < 4.78 is 2.40. The molecule has 0 spiro atoms. The summed E-state index contributed by atoms with van der Waals surface area (Å²) in [4.78, 5) is 4.76. The van der Waals surface area contributed by atoms with Crippen molar-refractivity contribution in [3.8, 4) is 5.69 Å². The van der Waals surface area contributed by atoms with Crippen LogP contribution in [0.15, 0.2) is 237 Å². The Labute approximate surface area is 371 Å². The number of benzene rings is 9. The summed E-state index contributed by atoms with van der Waals surface area (Å²) >= 11 is 0. The maximum Gasteiger partial charge on any atom is 0.0542 e. The van der Waals surface area contributed by atoms with Crippen molar-refractivity contribution in [2.24, 2.45) is 0 Å². The molecule has 0 aliphatic heterocycles. The van der Waals surface area contributed by atoms with E-state index in [0.717, 1.165) is 50.8 Å². The number of para-hydroxylation sites is 3. The van der Waals surface area contributed by atoms with Gasteiger partial charge in [0, 0.05) is 61.4 Å². The van der Waals surface area contributed by atoms with E-state index in [1.165, 1.54) is 33.0 Å². The van der Waals surface area contributed by atoms with Crippen LogP contribution in [0.3, 0.4) is 0 Å². The summed E-state index contributed by atoms with van der Waals surface area (Å²) in [6.07, 6.45) is 0. The number of aromatic nitrogens is 1. The van der Waals surface area contributed by atoms with Crippen molar-refractivity contribution < 1.29 is 0 Å². The average Bonchev–Trinajstić information content (AvgIpc) is 3.66. The number of anilines is 6. The number of fused-ring (bicyclic) bond motifs is 3. The van der Waals surface area contributed by atoms with E-state index < -0.39 is 0 Å². The highest BCUT2D eigenvalue weighted by molar-refractivity contribution is 6.12. The molecule has 0 saturated carbocycles. The molecule has 0 saturated heterocycles. The van der Waals surface area contributed by atoms with Gasteiger partial charge in [0.1, 0.15) is 0 Å². The van der Waals surface area contributed by atoms with E-state index >= 15 is 0 Å². The van der Waals surface area contributed by atoms with Crippen LogP contribution in [0.25, 0.3) is 27.5 Å². The molecule has 0 fully saturated rings. The molecule has 0 aliphatic carbocycles. The van der Waals surface area contributed by atoms with Crippen LogP contribution >= 0.6 is 0 Å². The SMILES string of the molecule is CC(C)(c1ccccc1)c1ccc(N(c2ccccc2)c2ccc3c(c2)c2cc(N(c4ccccc4)c4ccc(C(C)(C)c5ccccc5)cc4)ccc2n3-c2ccccc2)cc1. The van der Waals surface area contributed by atoms with Crippen molar-refractivity contribution in [1.29, 1.82) is 0 Å². The first-order valence-corrected chi connectivity index (χ1v) is 21.9. The number of nitrogens with zero attached hydrogens (tertiary/aromatic N) is 3. The smallest absolute Gasteiger partial charge is 0.0542 e. The molecule has 9 aromatic carbocycles. The standard InChI is InChI=1S/C60H51N3/c1-59(2,44-20-10-5-11-21-44)46-30-34-51(35-31-46)61(48-24-14-7-15-25-48)53-38-40-57-55(42-53)56-43-54(39-41-58(56)63(57)50-28-18-9-19-29-50)62(49-26-16-8-17-27-49)52-36-32-47(33-37-52)60(3,4)45-22-12-6-13-23-45/h5-43H,1-4H3. The molecule has 1 aromatic heterocycles. The topological polar surface area (TPSA) is 11.4 Å². The predicted octanol–water partition coefficient (Wildman–Crippen LogP) is 16.4. The van der Waals surface area contributed by atoms with Crippen LogP contribution in [0.2, 0.25) is 0 Å². The summed E-state index contributed by atoms with van der Waals surface area (Å²) in [5, 5.41) is 2.37. The molecule has 0 atom stereocenters. The van der Waals surface area contributed by atoms with Gasteiger partial charge in [0.05, 0.1) is 11.0 Å². The van der Waals surface area contributed by atoms with E-state index in [4.69, 9.17) is 0 Å². The van der Waals surface area contributed by atoms with Crippen molar-refractivity contribution in [1.82, 2.24) is 4.57 Å². The lowest BCUT2D eigenvalue weighted by atomic mass is 9.78. The third-order valence-corrected chi connectivity index (χ3v) is 13.0. The number of rotatable bonds is 11. The molecule has 306 valence electrons. The summed E-state index contributed by atoms with van der Waals surface area (Å²) in [5.74, 6) is 0. The van der Waals surface area contributed by atoms with Gasteiger partial charge in [-0.05, 0) is 119 Å². The molecular weight excluding hydrogens is 763 g/mol. The molecule has 0 bridgehead atoms. The second-order valence-corrected chi connectivity index (χ2v) is 17.5. The van der Waals surface area contributed by atoms with Crippen molar-refractivity contribution in [3.63, 3.8) is 0 Å². The Bertz CT molecular complexity index is 2920. The van der Waals surface area contributed by atoms with Crippen LogP contribution in [0, 0.1) is 0 Å². The van der Waals surface area contributed by atoms with Crippen molar-refractivity contribution >= 4 is 55.9 Å². The third kappa shape index (κ3) is 7.36. The van der Waals surface area contributed by atoms with Crippen molar-refractivity contribution in [2.75, 3.05) is 9.80 Å². The molecule has 0 amide bonds. The zero-order valence-corrected chi connectivity index (χ0v) is 36.4. The number of hydrogen-bond donors (Lipinski definition) is 0. The Balaban J connectivity index is 1.12. The Kier molecular flexibility index (Phi) is 10.2. The van der Waals surface area contributed by atoms with E-state index in [0.29, 0.717) is 0 Å². The number of hydrogen-bond acceptors (Lipinski definition) is 2. The molecule has 0 radical (unpaired) electrons. The average molecular weight is 814 g/mol. The predicted molar refractivity (Wildman–Crippen MR) is 267 cm³/mol. The fourth-order valence-electron chi connectivity index (χ4n) is 9.28. The summed E-state index contributed by atoms with van der Waals surface area (Å²) in [5.41, 5.74) is 14.9. The lowest BCUT2D eigenvalue weighted by molar-refractivity contribution is 0.641. The van der Waals surface area contributed by atoms with Crippen LogP contribution in [0.1, 0.15) is 49.9 Å². The Morgan fingerprint density at radius 2 is 0.571 bits per heavy atom. The molecule has 0 unspecified atom stereocenters. The van der Waals surface area contributed by atoms with E-state index in [1.807, 2.05) is 0 Å². The molecule has 63 heavy (non-hydrogen) atoms. The normalized spacial score (nSPS) is 11.8. The summed E-state index contributed by atoms with van der Waals surface area (Å²) in [6, 6.07) is 85.8. The Morgan fingerprint density at radius 1 is 0.286 bits per heavy atom. The fourth-order valence-corrected chi connectivity index (χ4v) is 9.28. The monoisotopic (exact) mass is 813 g/mol. The quantitative estimate of drug-likeness (QED) is 0.129. The van der Waals surface area contributed by atoms with Gasteiger partial charge in [-0.3, -0.25) is 0 Å². The molecule has 3 nitrogen and oxygen atoms in total. The van der Waals surface area contributed by atoms with Gasteiger partial charge in [0.15, 0.2) is 0 Å². The van der Waals surface area contributed by atoms with Gasteiger partial charge in [-0.25, -0.2) is 0 Å². The Morgan fingerprint density at radius 3 is 0.937 bits per heavy atom. The summed E-state index contributed by atoms with van der Waals surface area (Å²) in [6.45, 7) is 9.21. The van der Waals surface area contributed by atoms with Gasteiger partial charge in [-0.2, -0.15) is 0 Å². The van der Waals surface area contributed by atoms with Crippen LogP contribution in [0.4, 0.5) is 34.1 Å². The lowest BCUT2D eigenvalue weighted by Gasteiger charge is -2.29.